The van der Waals surface area contributed by atoms with E-state index in [0.717, 1.165) is 48.3 Å². The summed E-state index contributed by atoms with van der Waals surface area (Å²) >= 11 is 3.62. The molecule has 1 aromatic carbocycles. The van der Waals surface area contributed by atoms with E-state index in [1.54, 1.807) is 13.1 Å². The van der Waals surface area contributed by atoms with Crippen LogP contribution in [0.25, 0.3) is 0 Å². The Balaban J connectivity index is 1.35. The Morgan fingerprint density at radius 2 is 1.89 bits per heavy atom. The minimum Gasteiger partial charge on any atom is -0.480 e. The summed E-state index contributed by atoms with van der Waals surface area (Å²) in [5, 5.41) is 12.2. The number of hydrogen-bond donors (Lipinski definition) is 2. The highest BCUT2D eigenvalue weighted by Crippen LogP contribution is 2.27. The molecule has 0 radical (unpaired) electrons. The third-order valence-electron chi connectivity index (χ3n) is 7.23. The second-order valence-electron chi connectivity index (χ2n) is 9.37. The van der Waals surface area contributed by atoms with Crippen LogP contribution >= 0.6 is 15.9 Å². The van der Waals surface area contributed by atoms with Crippen LogP contribution in [0.15, 0.2) is 41.0 Å². The van der Waals surface area contributed by atoms with E-state index in [1.807, 2.05) is 35.2 Å². The standard InChI is InChI=1S/C26H34BrN5O3/c1-3-21-5-4-10-32(21)17-20-15-24(28-16-23(20)27)29-25(33)19-6-8-22(9-7-19)31-13-11-30(12-14-31)18(2)26(34)35/h6-9,15-16,18,21H,3-5,10-14,17H2,1-2H3,(H,34,35)(H,28,29,33)/t18-,21?/m1/s1. The largest absolute Gasteiger partial charge is 0.480 e. The highest BCUT2D eigenvalue weighted by molar-refractivity contribution is 9.10. The van der Waals surface area contributed by atoms with Crippen LogP contribution in [-0.4, -0.2) is 76.6 Å². The number of nitrogens with zero attached hydrogens (tertiary/aromatic N) is 4. The van der Waals surface area contributed by atoms with Crippen molar-refractivity contribution in [1.29, 1.82) is 0 Å². The van der Waals surface area contributed by atoms with E-state index in [2.05, 4.69) is 43.0 Å². The maximum absolute atomic E-state index is 12.9. The van der Waals surface area contributed by atoms with Crippen molar-refractivity contribution < 1.29 is 14.7 Å². The number of nitrogens with one attached hydrogen (secondary N) is 1. The predicted octanol–water partition coefficient (Wildman–Crippen LogP) is 4.07. The van der Waals surface area contributed by atoms with Gasteiger partial charge in [-0.1, -0.05) is 6.92 Å². The summed E-state index contributed by atoms with van der Waals surface area (Å²) in [7, 11) is 0. The maximum Gasteiger partial charge on any atom is 0.320 e. The molecule has 188 valence electrons. The lowest BCUT2D eigenvalue weighted by Crippen LogP contribution is -2.51. The van der Waals surface area contributed by atoms with Gasteiger partial charge in [0.05, 0.1) is 0 Å². The molecule has 8 nitrogen and oxygen atoms in total. The molecule has 4 rings (SSSR count). The van der Waals surface area contributed by atoms with Crippen molar-refractivity contribution in [3.8, 4) is 0 Å². The number of piperazine rings is 1. The van der Waals surface area contributed by atoms with Gasteiger partial charge in [0.2, 0.25) is 0 Å². The normalized spacial score (nSPS) is 20.1. The lowest BCUT2D eigenvalue weighted by molar-refractivity contribution is -0.142. The molecule has 2 atom stereocenters. The molecule has 2 aliphatic heterocycles. The fraction of sp³-hybridized carbons (Fsp3) is 0.500. The first-order valence-electron chi connectivity index (χ1n) is 12.4. The van der Waals surface area contributed by atoms with Crippen LogP contribution in [0, 0.1) is 0 Å². The van der Waals surface area contributed by atoms with E-state index in [4.69, 9.17) is 0 Å². The van der Waals surface area contributed by atoms with E-state index in [9.17, 15) is 14.7 Å². The molecule has 2 aromatic rings. The van der Waals surface area contributed by atoms with Gasteiger partial charge in [0, 0.05) is 60.7 Å². The second kappa shape index (κ2) is 11.5. The molecule has 0 spiro atoms. The first-order chi connectivity index (χ1) is 16.9. The summed E-state index contributed by atoms with van der Waals surface area (Å²) < 4.78 is 0.958. The molecule has 0 aliphatic carbocycles. The Labute approximate surface area is 215 Å². The Morgan fingerprint density at radius 3 is 2.54 bits per heavy atom. The summed E-state index contributed by atoms with van der Waals surface area (Å²) in [5.74, 6) is -0.430. The van der Waals surface area contributed by atoms with Gasteiger partial charge in [-0.05, 0) is 84.6 Å². The van der Waals surface area contributed by atoms with Gasteiger partial charge in [-0.25, -0.2) is 4.98 Å². The van der Waals surface area contributed by atoms with Gasteiger partial charge in [-0.3, -0.25) is 19.4 Å². The summed E-state index contributed by atoms with van der Waals surface area (Å²) in [4.78, 5) is 35.2. The van der Waals surface area contributed by atoms with E-state index in [-0.39, 0.29) is 5.91 Å². The number of halogens is 1. The van der Waals surface area contributed by atoms with Crippen LogP contribution in [0.4, 0.5) is 11.5 Å². The summed E-state index contributed by atoms with van der Waals surface area (Å²) in [6.07, 6.45) is 5.39. The fourth-order valence-corrected chi connectivity index (χ4v) is 5.33. The van der Waals surface area contributed by atoms with Crippen molar-refractivity contribution in [1.82, 2.24) is 14.8 Å². The van der Waals surface area contributed by atoms with E-state index in [0.29, 0.717) is 30.5 Å². The number of anilines is 2. The summed E-state index contributed by atoms with van der Waals surface area (Å²) in [5.41, 5.74) is 2.73. The van der Waals surface area contributed by atoms with Crippen LogP contribution in [0.2, 0.25) is 0 Å². The van der Waals surface area contributed by atoms with Crippen molar-refractivity contribution in [2.45, 2.75) is 51.7 Å². The third kappa shape index (κ3) is 6.20. The lowest BCUT2D eigenvalue weighted by Gasteiger charge is -2.37. The topological polar surface area (TPSA) is 89.0 Å². The van der Waals surface area contributed by atoms with Crippen LogP contribution in [-0.2, 0) is 11.3 Å². The van der Waals surface area contributed by atoms with Gasteiger partial charge in [0.15, 0.2) is 0 Å². The number of carboxylic acids is 1. The molecule has 9 heteroatoms. The Kier molecular flexibility index (Phi) is 8.41. The lowest BCUT2D eigenvalue weighted by atomic mass is 10.1. The first kappa shape index (κ1) is 25.6. The number of likely N-dealkylation sites (tertiary alicyclic amines) is 1. The molecule has 0 saturated carbocycles. The molecular weight excluding hydrogens is 510 g/mol. The number of hydrogen-bond acceptors (Lipinski definition) is 6. The first-order valence-corrected chi connectivity index (χ1v) is 13.2. The average molecular weight is 544 g/mol. The number of rotatable bonds is 8. The third-order valence-corrected chi connectivity index (χ3v) is 7.95. The molecular formula is C26H34BrN5O3. The number of benzene rings is 1. The number of aliphatic carboxylic acids is 1. The van der Waals surface area contributed by atoms with Gasteiger partial charge in [0.25, 0.3) is 5.91 Å². The number of carbonyl (C=O) groups excluding carboxylic acids is 1. The number of aromatic nitrogens is 1. The fourth-order valence-electron chi connectivity index (χ4n) is 4.99. The van der Waals surface area contributed by atoms with Crippen molar-refractivity contribution in [2.24, 2.45) is 0 Å². The minimum atomic E-state index is -0.789. The molecule has 1 unspecified atom stereocenters. The SMILES string of the molecule is CCC1CCCN1Cc1cc(NC(=O)c2ccc(N3CCN([C@H](C)C(=O)O)CC3)cc2)ncc1Br. The summed E-state index contributed by atoms with van der Waals surface area (Å²) in [6, 6.07) is 9.65. The van der Waals surface area contributed by atoms with Crippen LogP contribution in [0.5, 0.6) is 0 Å². The van der Waals surface area contributed by atoms with E-state index >= 15 is 0 Å². The number of carbonyl (C=O) groups is 2. The van der Waals surface area contributed by atoms with Crippen molar-refractivity contribution in [2.75, 3.05) is 42.9 Å². The highest BCUT2D eigenvalue weighted by atomic mass is 79.9. The zero-order valence-corrected chi connectivity index (χ0v) is 22.0. The molecule has 2 saturated heterocycles. The molecule has 35 heavy (non-hydrogen) atoms. The minimum absolute atomic E-state index is 0.190. The predicted molar refractivity (Wildman–Crippen MR) is 141 cm³/mol. The quantitative estimate of drug-likeness (QED) is 0.518. The van der Waals surface area contributed by atoms with Gasteiger partial charge in [-0.15, -0.1) is 0 Å². The Hall–Kier alpha value is -2.49. The van der Waals surface area contributed by atoms with Gasteiger partial charge >= 0.3 is 5.97 Å². The number of amides is 1. The smallest absolute Gasteiger partial charge is 0.320 e. The molecule has 2 fully saturated rings. The number of carboxylic acid groups (broad SMARTS) is 1. The van der Waals surface area contributed by atoms with Crippen LogP contribution in [0.1, 0.15) is 49.0 Å². The van der Waals surface area contributed by atoms with Crippen molar-refractivity contribution in [3.63, 3.8) is 0 Å². The molecule has 0 bridgehead atoms. The highest BCUT2D eigenvalue weighted by Gasteiger charge is 2.26. The molecule has 2 aliphatic rings. The van der Waals surface area contributed by atoms with E-state index < -0.39 is 12.0 Å². The maximum atomic E-state index is 12.9. The van der Waals surface area contributed by atoms with Crippen LogP contribution < -0.4 is 10.2 Å². The second-order valence-corrected chi connectivity index (χ2v) is 10.2. The average Bonchev–Trinajstić information content (AvgIpc) is 3.33. The monoisotopic (exact) mass is 543 g/mol. The van der Waals surface area contributed by atoms with E-state index in [1.165, 1.54) is 12.8 Å². The zero-order valence-electron chi connectivity index (χ0n) is 20.4. The van der Waals surface area contributed by atoms with Gasteiger partial charge in [0.1, 0.15) is 11.9 Å². The van der Waals surface area contributed by atoms with Gasteiger partial charge < -0.3 is 15.3 Å². The number of pyridine rings is 1. The molecule has 1 amide bonds. The Morgan fingerprint density at radius 1 is 1.17 bits per heavy atom. The summed E-state index contributed by atoms with van der Waals surface area (Å²) in [6.45, 7) is 8.82. The van der Waals surface area contributed by atoms with Gasteiger partial charge in [-0.2, -0.15) is 0 Å². The molecule has 3 heterocycles. The zero-order chi connectivity index (χ0) is 24.9. The molecule has 1 aromatic heterocycles. The Bertz CT molecular complexity index is 1040. The van der Waals surface area contributed by atoms with Crippen molar-refractivity contribution in [3.05, 3.63) is 52.1 Å². The molecule has 2 N–H and O–H groups in total. The van der Waals surface area contributed by atoms with Crippen LogP contribution in [0.3, 0.4) is 0 Å². The van der Waals surface area contributed by atoms with Crippen molar-refractivity contribution >= 4 is 39.3 Å².